The molecule has 0 unspecified atom stereocenters. The maximum Gasteiger partial charge on any atom is 0.320 e. The number of aliphatic carboxylic acids is 1. The zero-order valence-corrected chi connectivity index (χ0v) is 6.54. The number of carboxylic acid groups (broad SMARTS) is 1. The lowest BCUT2D eigenvalue weighted by Crippen LogP contribution is -2.29. The first-order chi connectivity index (χ1) is 5.24. The maximum atomic E-state index is 10.4. The zero-order chi connectivity index (χ0) is 8.27. The molecule has 4 nitrogen and oxygen atoms in total. The summed E-state index contributed by atoms with van der Waals surface area (Å²) in [7, 11) is 0. The van der Waals surface area contributed by atoms with E-state index in [9.17, 15) is 4.79 Å². The van der Waals surface area contributed by atoms with E-state index >= 15 is 0 Å². The van der Waals surface area contributed by atoms with Gasteiger partial charge < -0.3 is 15.2 Å². The number of hydrogen-bond acceptors (Lipinski definition) is 3. The standard InChI is InChI=1S/C7H13NO3/c1-2-11-5-3-6(7(9)10)8-4-5/h5-6,8H,2-4H2,1H3,(H,9,10)/t5-,6-/m0/s1. The van der Waals surface area contributed by atoms with Gasteiger partial charge in [0.15, 0.2) is 0 Å². The Labute approximate surface area is 65.5 Å². The van der Waals surface area contributed by atoms with Crippen LogP contribution in [0.5, 0.6) is 0 Å². The number of carbonyl (C=O) groups is 1. The molecule has 0 aromatic carbocycles. The minimum absolute atomic E-state index is 0.0844. The SMILES string of the molecule is CCO[C@@H]1CN[C@H](C(=O)O)C1. The molecule has 0 saturated carbocycles. The third-order valence-corrected chi connectivity index (χ3v) is 1.79. The van der Waals surface area contributed by atoms with Crippen LogP contribution in [-0.4, -0.2) is 36.4 Å². The van der Waals surface area contributed by atoms with Gasteiger partial charge in [-0.05, 0) is 6.92 Å². The van der Waals surface area contributed by atoms with Gasteiger partial charge in [-0.15, -0.1) is 0 Å². The second kappa shape index (κ2) is 3.69. The molecular formula is C7H13NO3. The monoisotopic (exact) mass is 159 g/mol. The number of rotatable bonds is 3. The van der Waals surface area contributed by atoms with E-state index in [2.05, 4.69) is 5.32 Å². The molecule has 2 N–H and O–H groups in total. The Morgan fingerprint density at radius 1 is 1.82 bits per heavy atom. The first-order valence-electron chi connectivity index (χ1n) is 3.81. The first-order valence-corrected chi connectivity index (χ1v) is 3.81. The average Bonchev–Trinajstić information content (AvgIpc) is 2.37. The van der Waals surface area contributed by atoms with Crippen LogP contribution < -0.4 is 5.32 Å². The van der Waals surface area contributed by atoms with Crippen molar-refractivity contribution < 1.29 is 14.6 Å². The second-order valence-electron chi connectivity index (χ2n) is 2.61. The van der Waals surface area contributed by atoms with E-state index in [-0.39, 0.29) is 6.10 Å². The Kier molecular flexibility index (Phi) is 2.84. The predicted octanol–water partition coefficient (Wildman–Crippen LogP) is -0.162. The van der Waals surface area contributed by atoms with Crippen molar-refractivity contribution in [3.05, 3.63) is 0 Å². The van der Waals surface area contributed by atoms with Crippen molar-refractivity contribution in [3.8, 4) is 0 Å². The van der Waals surface area contributed by atoms with Crippen molar-refractivity contribution in [3.63, 3.8) is 0 Å². The largest absolute Gasteiger partial charge is 0.480 e. The fraction of sp³-hybridized carbons (Fsp3) is 0.857. The lowest BCUT2D eigenvalue weighted by molar-refractivity contribution is -0.139. The third-order valence-electron chi connectivity index (χ3n) is 1.79. The van der Waals surface area contributed by atoms with Crippen LogP contribution >= 0.6 is 0 Å². The van der Waals surface area contributed by atoms with Gasteiger partial charge in [0.1, 0.15) is 6.04 Å². The summed E-state index contributed by atoms with van der Waals surface area (Å²) in [6.45, 7) is 3.22. The molecule has 0 bridgehead atoms. The Balaban J connectivity index is 2.29. The molecule has 0 radical (unpaired) electrons. The molecule has 0 aromatic rings. The van der Waals surface area contributed by atoms with Crippen LogP contribution in [0.4, 0.5) is 0 Å². The summed E-state index contributed by atoms with van der Waals surface area (Å²) < 4.78 is 5.26. The van der Waals surface area contributed by atoms with Gasteiger partial charge in [-0.25, -0.2) is 0 Å². The number of carboxylic acids is 1. The highest BCUT2D eigenvalue weighted by Gasteiger charge is 2.28. The summed E-state index contributed by atoms with van der Waals surface area (Å²) in [6, 6.07) is -0.411. The molecule has 1 fully saturated rings. The molecule has 64 valence electrons. The molecule has 1 saturated heterocycles. The highest BCUT2D eigenvalue weighted by atomic mass is 16.5. The van der Waals surface area contributed by atoms with Crippen LogP contribution in [0.1, 0.15) is 13.3 Å². The fourth-order valence-electron chi connectivity index (χ4n) is 1.25. The van der Waals surface area contributed by atoms with Gasteiger partial charge in [0.25, 0.3) is 0 Å². The van der Waals surface area contributed by atoms with Crippen molar-refractivity contribution in [2.45, 2.75) is 25.5 Å². The van der Waals surface area contributed by atoms with Gasteiger partial charge >= 0.3 is 5.97 Å². The maximum absolute atomic E-state index is 10.4. The van der Waals surface area contributed by atoms with Crippen LogP contribution in [0.25, 0.3) is 0 Å². The molecular weight excluding hydrogens is 146 g/mol. The Morgan fingerprint density at radius 2 is 2.55 bits per heavy atom. The highest BCUT2D eigenvalue weighted by molar-refractivity contribution is 5.73. The van der Waals surface area contributed by atoms with E-state index in [4.69, 9.17) is 9.84 Å². The lowest BCUT2D eigenvalue weighted by Gasteiger charge is -2.06. The van der Waals surface area contributed by atoms with E-state index in [1.165, 1.54) is 0 Å². The summed E-state index contributed by atoms with van der Waals surface area (Å²) >= 11 is 0. The van der Waals surface area contributed by atoms with Gasteiger partial charge in [-0.1, -0.05) is 0 Å². The van der Waals surface area contributed by atoms with E-state index in [0.717, 1.165) is 0 Å². The summed E-state index contributed by atoms with van der Waals surface area (Å²) in [4.78, 5) is 10.4. The molecule has 1 aliphatic heterocycles. The smallest absolute Gasteiger partial charge is 0.320 e. The highest BCUT2D eigenvalue weighted by Crippen LogP contribution is 2.09. The minimum atomic E-state index is -0.785. The zero-order valence-electron chi connectivity index (χ0n) is 6.54. The van der Waals surface area contributed by atoms with E-state index in [1.54, 1.807) is 0 Å². The van der Waals surface area contributed by atoms with Crippen LogP contribution in [0.2, 0.25) is 0 Å². The fourth-order valence-corrected chi connectivity index (χ4v) is 1.25. The molecule has 2 atom stereocenters. The molecule has 0 amide bonds. The lowest BCUT2D eigenvalue weighted by atomic mass is 10.2. The Bertz CT molecular complexity index is 149. The summed E-state index contributed by atoms with van der Waals surface area (Å²) in [5.41, 5.74) is 0. The molecule has 1 aliphatic rings. The minimum Gasteiger partial charge on any atom is -0.480 e. The van der Waals surface area contributed by atoms with E-state index in [0.29, 0.717) is 19.6 Å². The third kappa shape index (κ3) is 2.17. The topological polar surface area (TPSA) is 58.6 Å². The van der Waals surface area contributed by atoms with E-state index in [1.807, 2.05) is 6.92 Å². The number of nitrogens with one attached hydrogen (secondary N) is 1. The van der Waals surface area contributed by atoms with Gasteiger partial charge in [-0.3, -0.25) is 4.79 Å². The van der Waals surface area contributed by atoms with E-state index < -0.39 is 12.0 Å². The molecule has 11 heavy (non-hydrogen) atoms. The van der Waals surface area contributed by atoms with Crippen molar-refractivity contribution >= 4 is 5.97 Å². The van der Waals surface area contributed by atoms with Crippen LogP contribution in [0.3, 0.4) is 0 Å². The van der Waals surface area contributed by atoms with Crippen LogP contribution in [-0.2, 0) is 9.53 Å². The molecule has 0 aliphatic carbocycles. The van der Waals surface area contributed by atoms with Gasteiger partial charge in [0.2, 0.25) is 0 Å². The van der Waals surface area contributed by atoms with Gasteiger partial charge in [-0.2, -0.15) is 0 Å². The Morgan fingerprint density at radius 3 is 3.00 bits per heavy atom. The first kappa shape index (κ1) is 8.49. The van der Waals surface area contributed by atoms with Gasteiger partial charge in [0.05, 0.1) is 6.10 Å². The summed E-state index contributed by atoms with van der Waals surface area (Å²) in [5.74, 6) is -0.785. The van der Waals surface area contributed by atoms with Crippen molar-refractivity contribution in [1.29, 1.82) is 0 Å². The Hall–Kier alpha value is -0.610. The molecule has 1 heterocycles. The number of ether oxygens (including phenoxy) is 1. The molecule has 4 heteroatoms. The predicted molar refractivity (Wildman–Crippen MR) is 39.5 cm³/mol. The average molecular weight is 159 g/mol. The van der Waals surface area contributed by atoms with Crippen molar-refractivity contribution in [1.82, 2.24) is 5.32 Å². The summed E-state index contributed by atoms with van der Waals surface area (Å²) in [6.07, 6.45) is 0.671. The normalized spacial score (nSPS) is 30.6. The quantitative estimate of drug-likeness (QED) is 0.600. The van der Waals surface area contributed by atoms with Crippen molar-refractivity contribution in [2.75, 3.05) is 13.2 Å². The molecule has 0 aromatic heterocycles. The molecule has 0 spiro atoms. The van der Waals surface area contributed by atoms with Crippen molar-refractivity contribution in [2.24, 2.45) is 0 Å². The molecule has 1 rings (SSSR count). The number of hydrogen-bond donors (Lipinski definition) is 2. The second-order valence-corrected chi connectivity index (χ2v) is 2.61. The van der Waals surface area contributed by atoms with Gasteiger partial charge in [0, 0.05) is 19.6 Å². The summed E-state index contributed by atoms with van der Waals surface area (Å²) in [5, 5.41) is 11.4. The van der Waals surface area contributed by atoms with Crippen LogP contribution in [0.15, 0.2) is 0 Å². The van der Waals surface area contributed by atoms with Crippen LogP contribution in [0, 0.1) is 0 Å².